The summed E-state index contributed by atoms with van der Waals surface area (Å²) in [5.41, 5.74) is 2.11. The number of aliphatic hydroxyl groups excluding tert-OH is 3. The number of esters is 1. The molecule has 1 heterocycles. The molecule has 0 spiro atoms. The van der Waals surface area contributed by atoms with Gasteiger partial charge in [0.05, 0.1) is 6.10 Å². The zero-order valence-electron chi connectivity index (χ0n) is 44.5. The molecule has 0 bridgehead atoms. The van der Waals surface area contributed by atoms with Crippen molar-refractivity contribution in [2.75, 3.05) is 6.61 Å². The lowest BCUT2D eigenvalue weighted by Crippen LogP contribution is -2.60. The van der Waals surface area contributed by atoms with Crippen LogP contribution in [0, 0.1) is 52.3 Å². The van der Waals surface area contributed by atoms with Crippen molar-refractivity contribution in [2.24, 2.45) is 52.3 Å². The Bertz CT molecular complexity index is 1600. The molecule has 3 saturated carbocycles. The van der Waals surface area contributed by atoms with Crippen LogP contribution in [0.3, 0.4) is 0 Å². The number of unbranched alkanes of at least 4 members (excludes halogenated alkanes) is 10. The molecule has 0 amide bonds. The lowest BCUT2D eigenvalue weighted by molar-refractivity contribution is -0.313. The van der Waals surface area contributed by atoms with Gasteiger partial charge in [0.2, 0.25) is 0 Å². The van der Waals surface area contributed by atoms with Gasteiger partial charge in [-0.2, -0.15) is 0 Å². The molecule has 0 radical (unpaired) electrons. The predicted molar refractivity (Wildman–Crippen MR) is 281 cm³/mol. The van der Waals surface area contributed by atoms with Crippen LogP contribution in [0.2, 0.25) is 0 Å². The van der Waals surface area contributed by atoms with Crippen LogP contribution in [-0.4, -0.2) is 64.7 Å². The molecule has 14 atom stereocenters. The van der Waals surface area contributed by atoms with Crippen LogP contribution in [0.4, 0.5) is 0 Å². The number of allylic oxidation sites excluding steroid dienone is 9. The van der Waals surface area contributed by atoms with Crippen LogP contribution in [0.25, 0.3) is 0 Å². The molecule has 3 N–H and O–H groups in total. The van der Waals surface area contributed by atoms with E-state index in [0.717, 1.165) is 106 Å². The highest BCUT2D eigenvalue weighted by atomic mass is 16.7. The average Bonchev–Trinajstić information content (AvgIpc) is 3.69. The summed E-state index contributed by atoms with van der Waals surface area (Å²) in [5.74, 6) is 5.20. The summed E-state index contributed by atoms with van der Waals surface area (Å²) < 4.78 is 18.1. The molecule has 0 aromatic rings. The first kappa shape index (κ1) is 56.9. The Labute approximate surface area is 416 Å². The topological polar surface area (TPSA) is 105 Å². The van der Waals surface area contributed by atoms with E-state index in [2.05, 4.69) is 103 Å². The number of carbonyl (C=O) groups excluding carboxylic acids is 1. The Morgan fingerprint density at radius 3 is 2.01 bits per heavy atom. The molecule has 7 nitrogen and oxygen atoms in total. The van der Waals surface area contributed by atoms with Crippen molar-refractivity contribution < 1.29 is 34.3 Å². The second kappa shape index (κ2) is 29.5. The fraction of sp³-hybridized carbons (Fsp3) is 0.820. The van der Waals surface area contributed by atoms with Crippen molar-refractivity contribution in [1.82, 2.24) is 0 Å². The number of ether oxygens (including phenoxy) is 3. The van der Waals surface area contributed by atoms with Crippen LogP contribution in [-0.2, 0) is 19.0 Å². The maximum Gasteiger partial charge on any atom is 0.305 e. The summed E-state index contributed by atoms with van der Waals surface area (Å²) in [6.45, 7) is 16.9. The molecule has 14 unspecified atom stereocenters. The maximum absolute atomic E-state index is 12.7. The van der Waals surface area contributed by atoms with E-state index in [4.69, 9.17) is 14.2 Å². The number of hydrogen-bond donors (Lipinski definition) is 3. The molecule has 7 heteroatoms. The van der Waals surface area contributed by atoms with E-state index >= 15 is 0 Å². The molecule has 68 heavy (non-hydrogen) atoms. The van der Waals surface area contributed by atoms with E-state index in [1.54, 1.807) is 0 Å². The third kappa shape index (κ3) is 16.2. The van der Waals surface area contributed by atoms with Crippen LogP contribution >= 0.6 is 0 Å². The second-order valence-corrected chi connectivity index (χ2v) is 23.2. The SMILES string of the molecule is CC/C=C\C/C=C\C/C=C\C/C=C\CCCCCCCCCCCCC(=O)OCC1OC(OC2CCC3(C)C(=CCC4C3CCC3(C)C(C(C)CCC(CC)C(C)C)CCC43)C2)C(O)C(O)C1O. The Morgan fingerprint density at radius 1 is 0.735 bits per heavy atom. The molecule has 5 aliphatic rings. The van der Waals surface area contributed by atoms with Crippen molar-refractivity contribution in [3.05, 3.63) is 60.3 Å². The molecule has 0 aromatic carbocycles. The second-order valence-electron chi connectivity index (χ2n) is 23.2. The van der Waals surface area contributed by atoms with Gasteiger partial charge in [-0.1, -0.05) is 173 Å². The van der Waals surface area contributed by atoms with Gasteiger partial charge in [0.25, 0.3) is 0 Å². The van der Waals surface area contributed by atoms with Crippen LogP contribution in [0.15, 0.2) is 60.3 Å². The number of fused-ring (bicyclic) bond motifs is 5. The monoisotopic (exact) mass is 947 g/mol. The Kier molecular flexibility index (Phi) is 24.7. The van der Waals surface area contributed by atoms with E-state index in [-0.39, 0.29) is 24.1 Å². The summed E-state index contributed by atoms with van der Waals surface area (Å²) in [5, 5.41) is 32.7. The lowest BCUT2D eigenvalue weighted by Gasteiger charge is -2.58. The third-order valence-electron chi connectivity index (χ3n) is 18.4. The van der Waals surface area contributed by atoms with Crippen molar-refractivity contribution >= 4 is 5.97 Å². The zero-order valence-corrected chi connectivity index (χ0v) is 44.5. The summed E-state index contributed by atoms with van der Waals surface area (Å²) in [7, 11) is 0. The Morgan fingerprint density at radius 2 is 1.37 bits per heavy atom. The van der Waals surface area contributed by atoms with Crippen molar-refractivity contribution in [1.29, 1.82) is 0 Å². The fourth-order valence-corrected chi connectivity index (χ4v) is 14.1. The van der Waals surface area contributed by atoms with E-state index in [1.165, 1.54) is 102 Å². The minimum atomic E-state index is -1.45. The summed E-state index contributed by atoms with van der Waals surface area (Å²) in [6, 6.07) is 0. The summed E-state index contributed by atoms with van der Waals surface area (Å²) in [6.07, 6.45) is 45.0. The number of rotatable bonds is 30. The summed E-state index contributed by atoms with van der Waals surface area (Å²) >= 11 is 0. The highest BCUT2D eigenvalue weighted by molar-refractivity contribution is 5.69. The maximum atomic E-state index is 12.7. The molecule has 1 saturated heterocycles. The lowest BCUT2D eigenvalue weighted by atomic mass is 9.47. The standard InChI is InChI=1S/C61H102O7/c1-8-10-11-12-13-14-15-16-17-18-19-20-21-22-23-24-25-26-27-28-29-30-31-32-55(62)66-44-54-56(63)57(64)58(65)59(68-54)67-49-39-41-60(6)48(43-49)35-36-50-52-38-37-51(61(52,7)42-40-53(50)60)46(5)33-34-47(9-2)45(3)4/h10-11,13-14,16-17,19-20,35,45-47,49-54,56-59,63-65H,8-9,12,15,18,21-34,36-44H2,1-7H3/b11-10-,14-13-,17-16-,20-19-. The normalized spacial score (nSPS) is 33.9. The molecule has 388 valence electrons. The van der Waals surface area contributed by atoms with Gasteiger partial charge in [0.15, 0.2) is 6.29 Å². The molecule has 5 rings (SSSR count). The first-order chi connectivity index (χ1) is 32.8. The Balaban J connectivity index is 0.932. The zero-order chi connectivity index (χ0) is 48.9. The van der Waals surface area contributed by atoms with Gasteiger partial charge in [-0.05, 0) is 155 Å². The van der Waals surface area contributed by atoms with Crippen LogP contribution < -0.4 is 0 Å². The molecular formula is C61H102O7. The minimum absolute atomic E-state index is 0.147. The van der Waals surface area contributed by atoms with Gasteiger partial charge in [0, 0.05) is 6.42 Å². The van der Waals surface area contributed by atoms with Crippen molar-refractivity contribution in [3.8, 4) is 0 Å². The molecule has 4 aliphatic carbocycles. The van der Waals surface area contributed by atoms with Gasteiger partial charge in [-0.15, -0.1) is 0 Å². The van der Waals surface area contributed by atoms with Gasteiger partial charge in [-0.3, -0.25) is 4.79 Å². The molecule has 1 aliphatic heterocycles. The van der Waals surface area contributed by atoms with E-state index in [1.807, 2.05) is 0 Å². The van der Waals surface area contributed by atoms with E-state index in [0.29, 0.717) is 17.8 Å². The van der Waals surface area contributed by atoms with E-state index in [9.17, 15) is 20.1 Å². The van der Waals surface area contributed by atoms with Gasteiger partial charge in [0.1, 0.15) is 31.0 Å². The van der Waals surface area contributed by atoms with Gasteiger partial charge in [-0.25, -0.2) is 0 Å². The minimum Gasteiger partial charge on any atom is -0.463 e. The molecule has 0 aromatic heterocycles. The van der Waals surface area contributed by atoms with Crippen LogP contribution in [0.1, 0.15) is 222 Å². The highest BCUT2D eigenvalue weighted by Crippen LogP contribution is 2.67. The smallest absolute Gasteiger partial charge is 0.305 e. The van der Waals surface area contributed by atoms with Gasteiger partial charge < -0.3 is 29.5 Å². The number of aliphatic hydroxyl groups is 3. The first-order valence-electron chi connectivity index (χ1n) is 28.6. The van der Waals surface area contributed by atoms with Crippen LogP contribution in [0.5, 0.6) is 0 Å². The molecule has 4 fully saturated rings. The fourth-order valence-electron chi connectivity index (χ4n) is 14.1. The van der Waals surface area contributed by atoms with Gasteiger partial charge >= 0.3 is 5.97 Å². The first-order valence-corrected chi connectivity index (χ1v) is 28.6. The molecular weight excluding hydrogens is 845 g/mol. The predicted octanol–water partition coefficient (Wildman–Crippen LogP) is 14.9. The van der Waals surface area contributed by atoms with Crippen molar-refractivity contribution in [2.45, 2.75) is 259 Å². The average molecular weight is 947 g/mol. The number of carbonyl (C=O) groups is 1. The van der Waals surface area contributed by atoms with Crippen molar-refractivity contribution in [3.63, 3.8) is 0 Å². The summed E-state index contributed by atoms with van der Waals surface area (Å²) in [4.78, 5) is 12.7. The highest BCUT2D eigenvalue weighted by Gasteiger charge is 2.59. The third-order valence-corrected chi connectivity index (χ3v) is 18.4. The quantitative estimate of drug-likeness (QED) is 0.0374. The largest absolute Gasteiger partial charge is 0.463 e. The Hall–Kier alpha value is -2.03. The van der Waals surface area contributed by atoms with E-state index < -0.39 is 30.7 Å². The number of hydrogen-bond acceptors (Lipinski definition) is 7.